The van der Waals surface area contributed by atoms with E-state index < -0.39 is 0 Å². The zero-order valence-electron chi connectivity index (χ0n) is 15.0. The molecule has 3 rings (SSSR count). The number of nitrogens with one attached hydrogen (secondary N) is 1. The van der Waals surface area contributed by atoms with E-state index in [-0.39, 0.29) is 11.4 Å². The first kappa shape index (κ1) is 16.6. The van der Waals surface area contributed by atoms with Crippen LogP contribution in [-0.4, -0.2) is 12.6 Å². The fourth-order valence-electron chi connectivity index (χ4n) is 3.71. The van der Waals surface area contributed by atoms with Gasteiger partial charge in [-0.25, -0.2) is 4.39 Å². The van der Waals surface area contributed by atoms with E-state index >= 15 is 0 Å². The average molecular weight is 325 g/mol. The fourth-order valence-corrected chi connectivity index (χ4v) is 3.71. The molecule has 24 heavy (non-hydrogen) atoms. The van der Waals surface area contributed by atoms with Crippen molar-refractivity contribution < 1.29 is 9.13 Å². The number of allylic oxidation sites excluding steroid dienone is 1. The van der Waals surface area contributed by atoms with Crippen molar-refractivity contribution in [2.24, 2.45) is 0 Å². The van der Waals surface area contributed by atoms with E-state index in [0.717, 1.165) is 23.2 Å². The molecule has 0 unspecified atom stereocenters. The molecule has 2 nitrogen and oxygen atoms in total. The third-order valence-corrected chi connectivity index (χ3v) is 4.55. The molecule has 0 atom stereocenters. The molecule has 0 aromatic heterocycles. The second-order valence-electron chi connectivity index (χ2n) is 6.89. The average Bonchev–Trinajstić information content (AvgIpc) is 2.52. The van der Waals surface area contributed by atoms with Crippen LogP contribution in [0.25, 0.3) is 16.7 Å². The maximum absolute atomic E-state index is 13.6. The molecule has 3 heteroatoms. The van der Waals surface area contributed by atoms with E-state index in [1.165, 1.54) is 28.8 Å². The van der Waals surface area contributed by atoms with Gasteiger partial charge in [0.25, 0.3) is 0 Å². The highest BCUT2D eigenvalue weighted by Crippen LogP contribution is 2.42. The van der Waals surface area contributed by atoms with Gasteiger partial charge < -0.3 is 10.1 Å². The summed E-state index contributed by atoms with van der Waals surface area (Å²) in [5, 5.41) is 3.59. The van der Waals surface area contributed by atoms with Gasteiger partial charge in [0.2, 0.25) is 0 Å². The topological polar surface area (TPSA) is 21.3 Å². The molecule has 1 aliphatic heterocycles. The summed E-state index contributed by atoms with van der Waals surface area (Å²) in [4.78, 5) is 0. The number of halogens is 1. The van der Waals surface area contributed by atoms with Crippen LogP contribution in [0.1, 0.15) is 38.8 Å². The minimum absolute atomic E-state index is 0.0584. The van der Waals surface area contributed by atoms with Crippen molar-refractivity contribution in [1.29, 1.82) is 0 Å². The van der Waals surface area contributed by atoms with Crippen LogP contribution in [0, 0.1) is 5.82 Å². The van der Waals surface area contributed by atoms with Crippen molar-refractivity contribution in [3.05, 3.63) is 53.4 Å². The molecular weight excluding hydrogens is 301 g/mol. The van der Waals surface area contributed by atoms with Crippen molar-refractivity contribution in [2.75, 3.05) is 12.4 Å². The van der Waals surface area contributed by atoms with Crippen LogP contribution >= 0.6 is 0 Å². The summed E-state index contributed by atoms with van der Waals surface area (Å²) < 4.78 is 19.0. The number of rotatable bonds is 3. The Morgan fingerprint density at radius 3 is 2.50 bits per heavy atom. The lowest BCUT2D eigenvalue weighted by molar-refractivity contribution is 0.413. The van der Waals surface area contributed by atoms with Crippen molar-refractivity contribution in [3.8, 4) is 16.9 Å². The summed E-state index contributed by atoms with van der Waals surface area (Å²) in [7, 11) is 1.58. The maximum atomic E-state index is 13.6. The van der Waals surface area contributed by atoms with E-state index in [0.29, 0.717) is 5.75 Å². The van der Waals surface area contributed by atoms with Crippen LogP contribution in [0.15, 0.2) is 36.4 Å². The molecule has 126 valence electrons. The van der Waals surface area contributed by atoms with Gasteiger partial charge >= 0.3 is 0 Å². The predicted molar refractivity (Wildman–Crippen MR) is 99.1 cm³/mol. The highest BCUT2D eigenvalue weighted by Gasteiger charge is 2.25. The van der Waals surface area contributed by atoms with Gasteiger partial charge in [-0.1, -0.05) is 19.1 Å². The molecule has 0 aliphatic carbocycles. The second-order valence-corrected chi connectivity index (χ2v) is 6.89. The number of hydrogen-bond donors (Lipinski definition) is 1. The van der Waals surface area contributed by atoms with E-state index in [4.69, 9.17) is 4.74 Å². The lowest BCUT2D eigenvalue weighted by atomic mass is 9.84. The summed E-state index contributed by atoms with van der Waals surface area (Å²) in [6.07, 6.45) is 3.16. The zero-order valence-corrected chi connectivity index (χ0v) is 15.0. The highest BCUT2D eigenvalue weighted by molar-refractivity contribution is 5.88. The van der Waals surface area contributed by atoms with Crippen molar-refractivity contribution in [1.82, 2.24) is 0 Å². The van der Waals surface area contributed by atoms with Crippen LogP contribution in [0.5, 0.6) is 5.75 Å². The molecule has 0 saturated heterocycles. The minimum Gasteiger partial charge on any atom is -0.496 e. The second kappa shape index (κ2) is 5.97. The quantitative estimate of drug-likeness (QED) is 0.785. The van der Waals surface area contributed by atoms with Gasteiger partial charge in [-0.05, 0) is 62.1 Å². The van der Waals surface area contributed by atoms with Crippen LogP contribution in [0.3, 0.4) is 0 Å². The van der Waals surface area contributed by atoms with Gasteiger partial charge in [0, 0.05) is 22.9 Å². The molecule has 2 aromatic carbocycles. The van der Waals surface area contributed by atoms with Gasteiger partial charge in [-0.15, -0.1) is 0 Å². The maximum Gasteiger partial charge on any atom is 0.129 e. The Kier molecular flexibility index (Phi) is 4.12. The predicted octanol–water partition coefficient (Wildman–Crippen LogP) is 5.67. The molecule has 0 radical (unpaired) electrons. The Morgan fingerprint density at radius 1 is 1.12 bits per heavy atom. The third-order valence-electron chi connectivity index (χ3n) is 4.55. The SMILES string of the molecule is CCc1c(-c2ccc(F)cc2OC)ccc2c1C(C)=CC(C)(C)N2. The monoisotopic (exact) mass is 325 g/mol. The number of hydrogen-bond acceptors (Lipinski definition) is 2. The minimum atomic E-state index is -0.286. The Balaban J connectivity index is 2.24. The van der Waals surface area contributed by atoms with Crippen LogP contribution in [-0.2, 0) is 6.42 Å². The number of benzene rings is 2. The van der Waals surface area contributed by atoms with Gasteiger partial charge in [0.05, 0.1) is 12.6 Å². The Morgan fingerprint density at radius 2 is 1.83 bits per heavy atom. The highest BCUT2D eigenvalue weighted by atomic mass is 19.1. The summed E-state index contributed by atoms with van der Waals surface area (Å²) in [6.45, 7) is 8.65. The molecule has 0 fully saturated rings. The smallest absolute Gasteiger partial charge is 0.129 e. The first-order chi connectivity index (χ1) is 11.4. The van der Waals surface area contributed by atoms with Crippen LogP contribution in [0.4, 0.5) is 10.1 Å². The van der Waals surface area contributed by atoms with Gasteiger partial charge in [-0.3, -0.25) is 0 Å². The fraction of sp³-hybridized carbons (Fsp3) is 0.333. The number of anilines is 1. The van der Waals surface area contributed by atoms with E-state index in [2.05, 4.69) is 51.2 Å². The Bertz CT molecular complexity index is 821. The van der Waals surface area contributed by atoms with Gasteiger partial charge in [0.1, 0.15) is 11.6 Å². The van der Waals surface area contributed by atoms with Gasteiger partial charge in [0.15, 0.2) is 0 Å². The lowest BCUT2D eigenvalue weighted by Gasteiger charge is -2.33. The summed E-state index contributed by atoms with van der Waals surface area (Å²) in [5.41, 5.74) is 6.90. The first-order valence-corrected chi connectivity index (χ1v) is 8.34. The summed E-state index contributed by atoms with van der Waals surface area (Å²) in [5.74, 6) is 0.279. The third kappa shape index (κ3) is 2.79. The zero-order chi connectivity index (χ0) is 17.5. The molecule has 1 aliphatic rings. The number of ether oxygens (including phenoxy) is 1. The first-order valence-electron chi connectivity index (χ1n) is 8.34. The summed E-state index contributed by atoms with van der Waals surface area (Å²) >= 11 is 0. The largest absolute Gasteiger partial charge is 0.496 e. The lowest BCUT2D eigenvalue weighted by Crippen LogP contribution is -2.31. The molecule has 1 heterocycles. The van der Waals surface area contributed by atoms with E-state index in [9.17, 15) is 4.39 Å². The molecule has 0 amide bonds. The number of methoxy groups -OCH3 is 1. The van der Waals surface area contributed by atoms with Crippen molar-refractivity contribution in [2.45, 2.75) is 39.7 Å². The molecule has 1 N–H and O–H groups in total. The normalized spacial score (nSPS) is 15.3. The van der Waals surface area contributed by atoms with E-state index in [1.807, 2.05) is 0 Å². The van der Waals surface area contributed by atoms with Crippen LogP contribution in [0.2, 0.25) is 0 Å². The molecular formula is C21H24FNO. The molecule has 0 saturated carbocycles. The van der Waals surface area contributed by atoms with E-state index in [1.54, 1.807) is 13.2 Å². The van der Waals surface area contributed by atoms with Crippen molar-refractivity contribution in [3.63, 3.8) is 0 Å². The summed E-state index contributed by atoms with van der Waals surface area (Å²) in [6, 6.07) is 8.95. The standard InChI is InChI=1S/C21H24FNO/c1-6-15-16(17-8-7-14(22)11-19(17)24-5)9-10-18-20(15)13(2)12-21(3,4)23-18/h7-12,23H,6H2,1-5H3. The Hall–Kier alpha value is -2.29. The van der Waals surface area contributed by atoms with Crippen molar-refractivity contribution >= 4 is 11.3 Å². The molecule has 2 aromatic rings. The molecule has 0 spiro atoms. The van der Waals surface area contributed by atoms with Crippen LogP contribution < -0.4 is 10.1 Å². The number of fused-ring (bicyclic) bond motifs is 1. The molecule has 0 bridgehead atoms. The Labute approximate surface area is 143 Å². The van der Waals surface area contributed by atoms with Gasteiger partial charge in [-0.2, -0.15) is 0 Å².